The SMILES string of the molecule is C#CCCC(=O)c1ccc(COC(=O)OC(OC(=O)OCc2ccc(C(=O)CCC#C)cc2[N+](=O)[O-])C(=O)OCC)c([N+](=O)[O-])c1. The Morgan fingerprint density at radius 3 is 1.50 bits per heavy atom. The highest BCUT2D eigenvalue weighted by Gasteiger charge is 2.31. The average molecular weight is 639 g/mol. The van der Waals surface area contributed by atoms with Crippen LogP contribution in [0.1, 0.15) is 64.4 Å². The first-order valence-electron chi connectivity index (χ1n) is 13.2. The molecule has 0 aliphatic heterocycles. The second-order valence-corrected chi connectivity index (χ2v) is 8.85. The zero-order valence-electron chi connectivity index (χ0n) is 24.3. The monoisotopic (exact) mass is 638 g/mol. The zero-order valence-corrected chi connectivity index (χ0v) is 24.3. The lowest BCUT2D eigenvalue weighted by molar-refractivity contribution is -0.386. The number of benzene rings is 2. The van der Waals surface area contributed by atoms with Crippen LogP contribution in [0.4, 0.5) is 21.0 Å². The molecule has 0 unspecified atom stereocenters. The quantitative estimate of drug-likeness (QED) is 0.0467. The fourth-order valence-corrected chi connectivity index (χ4v) is 3.57. The molecule has 0 saturated heterocycles. The lowest BCUT2D eigenvalue weighted by Crippen LogP contribution is -2.34. The van der Waals surface area contributed by atoms with Crippen LogP contribution in [0.3, 0.4) is 0 Å². The van der Waals surface area contributed by atoms with Crippen LogP contribution in [0.5, 0.6) is 0 Å². The Labute approximate surface area is 261 Å². The molecule has 0 N–H and O–H groups in total. The van der Waals surface area contributed by atoms with E-state index in [1.54, 1.807) is 0 Å². The van der Waals surface area contributed by atoms with Crippen LogP contribution in [-0.4, -0.2) is 52.6 Å². The predicted octanol–water partition coefficient (Wildman–Crippen LogP) is 4.59. The van der Waals surface area contributed by atoms with Crippen molar-refractivity contribution in [1.82, 2.24) is 0 Å². The lowest BCUT2D eigenvalue weighted by atomic mass is 10.0. The molecule has 0 saturated carbocycles. The van der Waals surface area contributed by atoms with Crippen molar-refractivity contribution in [3.63, 3.8) is 0 Å². The molecule has 16 nitrogen and oxygen atoms in total. The van der Waals surface area contributed by atoms with Crippen LogP contribution in [0.25, 0.3) is 0 Å². The number of ether oxygens (including phenoxy) is 5. The number of terminal acetylenes is 2. The third kappa shape index (κ3) is 10.8. The van der Waals surface area contributed by atoms with Crippen molar-refractivity contribution in [2.45, 2.75) is 52.1 Å². The summed E-state index contributed by atoms with van der Waals surface area (Å²) in [7, 11) is 0. The molecule has 0 aliphatic carbocycles. The van der Waals surface area contributed by atoms with Gasteiger partial charge in [-0.25, -0.2) is 14.4 Å². The maximum Gasteiger partial charge on any atom is 0.512 e. The first-order valence-corrected chi connectivity index (χ1v) is 13.2. The Kier molecular flexibility index (Phi) is 13.8. The van der Waals surface area contributed by atoms with Crippen LogP contribution in [0.15, 0.2) is 36.4 Å². The number of rotatable bonds is 16. The summed E-state index contributed by atoms with van der Waals surface area (Å²) in [4.78, 5) is 82.6. The van der Waals surface area contributed by atoms with Gasteiger partial charge in [-0.3, -0.25) is 29.8 Å². The molecule has 0 spiro atoms. The summed E-state index contributed by atoms with van der Waals surface area (Å²) in [6.07, 6.45) is 4.85. The molecule has 0 amide bonds. The highest BCUT2D eigenvalue weighted by molar-refractivity contribution is 5.97. The van der Waals surface area contributed by atoms with Gasteiger partial charge in [0.05, 0.1) is 27.6 Å². The number of nitro benzene ring substituents is 2. The van der Waals surface area contributed by atoms with Gasteiger partial charge in [0.15, 0.2) is 11.6 Å². The van der Waals surface area contributed by atoms with Crippen LogP contribution >= 0.6 is 0 Å². The Hall–Kier alpha value is -6.29. The number of carbonyl (C=O) groups excluding carboxylic acids is 5. The summed E-state index contributed by atoms with van der Waals surface area (Å²) >= 11 is 0. The molecule has 2 aromatic rings. The van der Waals surface area contributed by atoms with Gasteiger partial charge in [-0.05, 0) is 19.1 Å². The van der Waals surface area contributed by atoms with E-state index in [-0.39, 0.29) is 54.5 Å². The summed E-state index contributed by atoms with van der Waals surface area (Å²) in [6.45, 7) is -0.340. The molecule has 0 aliphatic rings. The molecule has 16 heteroatoms. The van der Waals surface area contributed by atoms with Gasteiger partial charge in [0.25, 0.3) is 11.4 Å². The van der Waals surface area contributed by atoms with E-state index < -0.39 is 70.6 Å². The summed E-state index contributed by atoms with van der Waals surface area (Å²) in [5.41, 5.74) is -1.38. The molecule has 240 valence electrons. The lowest BCUT2D eigenvalue weighted by Gasteiger charge is -2.16. The number of Topliss-reactive ketones (excluding diaryl/α,β-unsaturated/α-hetero) is 2. The first kappa shape index (κ1) is 35.9. The highest BCUT2D eigenvalue weighted by atomic mass is 16.8. The Balaban J connectivity index is 2.09. The molecule has 0 atom stereocenters. The number of hydrogen-bond donors (Lipinski definition) is 0. The number of hydrogen-bond acceptors (Lipinski definition) is 14. The molecular weight excluding hydrogens is 612 g/mol. The van der Waals surface area contributed by atoms with E-state index in [0.29, 0.717) is 0 Å². The van der Waals surface area contributed by atoms with Crippen molar-refractivity contribution >= 4 is 41.2 Å². The fraction of sp³-hybridized carbons (Fsp3) is 0.300. The second kappa shape index (κ2) is 17.7. The fourth-order valence-electron chi connectivity index (χ4n) is 3.57. The standard InChI is InChI=1S/C30H26N2O14/c1-4-7-9-25(33)19-11-13-21(23(15-19)31(38)39)17-43-29(36)45-28(27(35)42-6-3)46-30(37)44-18-22-14-12-20(16-24(22)32(40)41)26(34)10-8-5-2/h1-2,11-16,28H,6-10,17-18H2,3H3. The van der Waals surface area contributed by atoms with Crippen molar-refractivity contribution in [3.8, 4) is 24.7 Å². The van der Waals surface area contributed by atoms with E-state index in [2.05, 4.69) is 16.6 Å². The molecule has 2 rings (SSSR count). The van der Waals surface area contributed by atoms with Crippen LogP contribution in [0.2, 0.25) is 0 Å². The van der Waals surface area contributed by atoms with Gasteiger partial charge >= 0.3 is 24.6 Å². The predicted molar refractivity (Wildman–Crippen MR) is 154 cm³/mol. The topological polar surface area (TPSA) is 218 Å². The normalized spacial score (nSPS) is 10.1. The molecule has 0 heterocycles. The highest BCUT2D eigenvalue weighted by Crippen LogP contribution is 2.24. The van der Waals surface area contributed by atoms with E-state index in [1.807, 2.05) is 0 Å². The second-order valence-electron chi connectivity index (χ2n) is 8.85. The van der Waals surface area contributed by atoms with E-state index in [0.717, 1.165) is 12.1 Å². The minimum atomic E-state index is -2.36. The van der Waals surface area contributed by atoms with E-state index >= 15 is 0 Å². The number of nitro groups is 2. The largest absolute Gasteiger partial charge is 0.512 e. The minimum absolute atomic E-state index is 0.0115. The number of ketones is 2. The van der Waals surface area contributed by atoms with Gasteiger partial charge in [0.1, 0.15) is 13.2 Å². The molecule has 0 bridgehead atoms. The Morgan fingerprint density at radius 1 is 0.739 bits per heavy atom. The van der Waals surface area contributed by atoms with Gasteiger partial charge in [0, 0.05) is 48.9 Å². The third-order valence-corrected chi connectivity index (χ3v) is 5.78. The van der Waals surface area contributed by atoms with Crippen molar-refractivity contribution in [3.05, 3.63) is 78.9 Å². The van der Waals surface area contributed by atoms with E-state index in [1.165, 1.54) is 31.2 Å². The summed E-state index contributed by atoms with van der Waals surface area (Å²) in [5.74, 6) is 2.33. The van der Waals surface area contributed by atoms with Crippen LogP contribution in [-0.2, 0) is 41.7 Å². The maximum absolute atomic E-state index is 12.3. The third-order valence-electron chi connectivity index (χ3n) is 5.78. The molecule has 0 radical (unpaired) electrons. The number of nitrogens with zero attached hydrogens (tertiary/aromatic N) is 2. The van der Waals surface area contributed by atoms with Gasteiger partial charge in [-0.2, -0.15) is 0 Å². The Morgan fingerprint density at radius 2 is 1.15 bits per heavy atom. The van der Waals surface area contributed by atoms with Crippen molar-refractivity contribution in [1.29, 1.82) is 0 Å². The molecule has 2 aromatic carbocycles. The van der Waals surface area contributed by atoms with Crippen molar-refractivity contribution < 1.29 is 57.5 Å². The van der Waals surface area contributed by atoms with E-state index in [9.17, 15) is 44.2 Å². The van der Waals surface area contributed by atoms with Gasteiger partial charge < -0.3 is 23.7 Å². The van der Waals surface area contributed by atoms with Crippen LogP contribution < -0.4 is 0 Å². The number of esters is 1. The van der Waals surface area contributed by atoms with Crippen LogP contribution in [0, 0.1) is 44.9 Å². The minimum Gasteiger partial charge on any atom is -0.460 e. The van der Waals surface area contributed by atoms with E-state index in [4.69, 9.17) is 31.8 Å². The summed E-state index contributed by atoms with van der Waals surface area (Å²) in [6, 6.07) is 6.85. The first-order chi connectivity index (χ1) is 21.9. The van der Waals surface area contributed by atoms with Gasteiger partial charge in [-0.15, -0.1) is 24.7 Å². The average Bonchev–Trinajstić information content (AvgIpc) is 3.03. The molecule has 0 fully saturated rings. The number of carbonyl (C=O) groups is 5. The summed E-state index contributed by atoms with van der Waals surface area (Å²) < 4.78 is 23.7. The maximum atomic E-state index is 12.3. The van der Waals surface area contributed by atoms with Crippen molar-refractivity contribution in [2.24, 2.45) is 0 Å². The van der Waals surface area contributed by atoms with Crippen molar-refractivity contribution in [2.75, 3.05) is 6.61 Å². The molecule has 0 aromatic heterocycles. The Bertz CT molecular complexity index is 1490. The van der Waals surface area contributed by atoms with Gasteiger partial charge in [-0.1, -0.05) is 12.1 Å². The van der Waals surface area contributed by atoms with Gasteiger partial charge in [0.2, 0.25) is 0 Å². The zero-order chi connectivity index (χ0) is 34.2. The summed E-state index contributed by atoms with van der Waals surface area (Å²) in [5, 5.41) is 23.0. The smallest absolute Gasteiger partial charge is 0.460 e. The molecule has 46 heavy (non-hydrogen) atoms. The molecular formula is C30H26N2O14.